The van der Waals surface area contributed by atoms with Crippen molar-refractivity contribution in [3.8, 4) is 0 Å². The number of aromatic nitrogens is 2. The Morgan fingerprint density at radius 2 is 1.79 bits per heavy atom. The topological polar surface area (TPSA) is 66.9 Å². The van der Waals surface area contributed by atoms with Gasteiger partial charge in [0.25, 0.3) is 5.91 Å². The maximum absolute atomic E-state index is 12.5. The van der Waals surface area contributed by atoms with Crippen LogP contribution in [0.1, 0.15) is 21.6 Å². The van der Waals surface area contributed by atoms with Crippen molar-refractivity contribution in [3.63, 3.8) is 0 Å². The van der Waals surface area contributed by atoms with Crippen LogP contribution in [0.3, 0.4) is 0 Å². The summed E-state index contributed by atoms with van der Waals surface area (Å²) < 4.78 is 0. The zero-order valence-corrected chi connectivity index (χ0v) is 15.5. The van der Waals surface area contributed by atoms with Crippen molar-refractivity contribution in [1.29, 1.82) is 0 Å². The van der Waals surface area contributed by atoms with E-state index in [1.54, 1.807) is 18.5 Å². The van der Waals surface area contributed by atoms with Crippen LogP contribution < -0.4 is 10.6 Å². The van der Waals surface area contributed by atoms with Crippen molar-refractivity contribution in [2.75, 3.05) is 5.32 Å². The Bertz CT molecular complexity index is 1130. The van der Waals surface area contributed by atoms with E-state index in [1.807, 2.05) is 61.5 Å². The van der Waals surface area contributed by atoms with Gasteiger partial charge in [-0.05, 0) is 36.8 Å². The molecule has 0 aliphatic rings. The molecule has 0 saturated heterocycles. The van der Waals surface area contributed by atoms with E-state index in [0.29, 0.717) is 12.2 Å². The number of pyridine rings is 2. The maximum atomic E-state index is 12.5. The molecule has 4 aromatic rings. The van der Waals surface area contributed by atoms with E-state index in [2.05, 4.69) is 26.7 Å². The summed E-state index contributed by atoms with van der Waals surface area (Å²) in [5.41, 5.74) is 5.15. The highest BCUT2D eigenvalue weighted by Gasteiger charge is 2.09. The highest BCUT2D eigenvalue weighted by atomic mass is 16.1. The zero-order chi connectivity index (χ0) is 19.3. The van der Waals surface area contributed by atoms with Gasteiger partial charge in [0.15, 0.2) is 0 Å². The molecule has 0 unspecified atom stereocenters. The lowest BCUT2D eigenvalue weighted by molar-refractivity contribution is 0.0946. The molecular weight excluding hydrogens is 348 g/mol. The van der Waals surface area contributed by atoms with Crippen LogP contribution in [0.15, 0.2) is 79.1 Å². The van der Waals surface area contributed by atoms with Crippen molar-refractivity contribution in [2.24, 2.45) is 0 Å². The van der Waals surface area contributed by atoms with E-state index < -0.39 is 0 Å². The Balaban J connectivity index is 1.50. The van der Waals surface area contributed by atoms with E-state index in [9.17, 15) is 4.79 Å². The van der Waals surface area contributed by atoms with Gasteiger partial charge in [0.05, 0.1) is 11.2 Å². The van der Waals surface area contributed by atoms with E-state index in [4.69, 9.17) is 0 Å². The second kappa shape index (κ2) is 7.88. The molecule has 0 bridgehead atoms. The molecule has 0 saturated carbocycles. The summed E-state index contributed by atoms with van der Waals surface area (Å²) in [7, 11) is 0. The summed E-state index contributed by atoms with van der Waals surface area (Å²) in [4.78, 5) is 21.2. The van der Waals surface area contributed by atoms with E-state index >= 15 is 0 Å². The molecule has 0 atom stereocenters. The Labute approximate surface area is 163 Å². The van der Waals surface area contributed by atoms with Gasteiger partial charge in [-0.25, -0.2) is 0 Å². The standard InChI is InChI=1S/C23H20N4O/c1-16-5-2-6-17(13-16)15-26-23(28)21-14-19(10-12-24-21)27-20-9-3-7-18-8-4-11-25-22(18)20/h2-14H,15H2,1H3,(H,24,27)(H,26,28). The van der Waals surface area contributed by atoms with Gasteiger partial charge in [0, 0.05) is 30.0 Å². The number of rotatable bonds is 5. The summed E-state index contributed by atoms with van der Waals surface area (Å²) in [5, 5.41) is 7.32. The molecule has 5 nitrogen and oxygen atoms in total. The number of carbonyl (C=O) groups excluding carboxylic acids is 1. The Morgan fingerprint density at radius 3 is 2.68 bits per heavy atom. The van der Waals surface area contributed by atoms with Gasteiger partial charge in [-0.3, -0.25) is 14.8 Å². The number of hydrogen-bond acceptors (Lipinski definition) is 4. The highest BCUT2D eigenvalue weighted by Crippen LogP contribution is 2.24. The second-order valence-corrected chi connectivity index (χ2v) is 6.61. The molecule has 28 heavy (non-hydrogen) atoms. The van der Waals surface area contributed by atoms with Gasteiger partial charge in [0.1, 0.15) is 5.69 Å². The van der Waals surface area contributed by atoms with Crippen LogP contribution in [-0.2, 0) is 6.54 Å². The fraction of sp³-hybridized carbons (Fsp3) is 0.0870. The van der Waals surface area contributed by atoms with Crippen LogP contribution in [0.4, 0.5) is 11.4 Å². The van der Waals surface area contributed by atoms with Crippen molar-refractivity contribution in [1.82, 2.24) is 15.3 Å². The first kappa shape index (κ1) is 17.7. The number of carbonyl (C=O) groups is 1. The van der Waals surface area contributed by atoms with Crippen LogP contribution >= 0.6 is 0 Å². The molecule has 0 radical (unpaired) electrons. The van der Waals surface area contributed by atoms with Crippen LogP contribution in [0.2, 0.25) is 0 Å². The first-order valence-electron chi connectivity index (χ1n) is 9.09. The average molecular weight is 368 g/mol. The van der Waals surface area contributed by atoms with Crippen molar-refractivity contribution in [3.05, 3.63) is 95.9 Å². The van der Waals surface area contributed by atoms with Crippen molar-refractivity contribution >= 4 is 28.2 Å². The molecule has 5 heteroatoms. The summed E-state index contributed by atoms with van der Waals surface area (Å²) in [6.45, 7) is 2.50. The minimum Gasteiger partial charge on any atom is -0.354 e. The average Bonchev–Trinajstić information content (AvgIpc) is 2.73. The van der Waals surface area contributed by atoms with Crippen LogP contribution in [0, 0.1) is 6.92 Å². The number of fused-ring (bicyclic) bond motifs is 1. The van der Waals surface area contributed by atoms with Gasteiger partial charge >= 0.3 is 0 Å². The number of anilines is 2. The first-order chi connectivity index (χ1) is 13.7. The predicted octanol–water partition coefficient (Wildman–Crippen LogP) is 4.61. The number of benzene rings is 2. The van der Waals surface area contributed by atoms with Crippen LogP contribution in [-0.4, -0.2) is 15.9 Å². The lowest BCUT2D eigenvalue weighted by Crippen LogP contribution is -2.23. The first-order valence-corrected chi connectivity index (χ1v) is 9.09. The smallest absolute Gasteiger partial charge is 0.270 e. The van der Waals surface area contributed by atoms with E-state index in [1.165, 1.54) is 5.56 Å². The van der Waals surface area contributed by atoms with E-state index in [-0.39, 0.29) is 5.91 Å². The van der Waals surface area contributed by atoms with Gasteiger partial charge in [-0.2, -0.15) is 0 Å². The van der Waals surface area contributed by atoms with Gasteiger partial charge in [-0.15, -0.1) is 0 Å². The number of para-hydroxylation sites is 1. The number of hydrogen-bond donors (Lipinski definition) is 2. The normalized spacial score (nSPS) is 10.6. The predicted molar refractivity (Wildman–Crippen MR) is 112 cm³/mol. The molecular formula is C23H20N4O. The molecule has 1 amide bonds. The monoisotopic (exact) mass is 368 g/mol. The third-order valence-corrected chi connectivity index (χ3v) is 4.44. The quantitative estimate of drug-likeness (QED) is 0.540. The van der Waals surface area contributed by atoms with Crippen LogP contribution in [0.25, 0.3) is 10.9 Å². The summed E-state index contributed by atoms with van der Waals surface area (Å²) in [5.74, 6) is -0.207. The summed E-state index contributed by atoms with van der Waals surface area (Å²) in [6, 6.07) is 21.5. The van der Waals surface area contributed by atoms with Crippen molar-refractivity contribution < 1.29 is 4.79 Å². The molecule has 0 aliphatic heterocycles. The fourth-order valence-corrected chi connectivity index (χ4v) is 3.09. The Kier molecular flexibility index (Phi) is 4.97. The fourth-order valence-electron chi connectivity index (χ4n) is 3.09. The van der Waals surface area contributed by atoms with Gasteiger partial charge in [0.2, 0.25) is 0 Å². The molecule has 4 rings (SSSR count). The molecule has 0 spiro atoms. The zero-order valence-electron chi connectivity index (χ0n) is 15.5. The minimum absolute atomic E-state index is 0.207. The molecule has 138 valence electrons. The van der Waals surface area contributed by atoms with Gasteiger partial charge in [-0.1, -0.05) is 48.0 Å². The van der Waals surface area contributed by atoms with E-state index in [0.717, 1.165) is 27.8 Å². The minimum atomic E-state index is -0.207. The van der Waals surface area contributed by atoms with Gasteiger partial charge < -0.3 is 10.6 Å². The summed E-state index contributed by atoms with van der Waals surface area (Å²) >= 11 is 0. The maximum Gasteiger partial charge on any atom is 0.270 e. The lowest BCUT2D eigenvalue weighted by Gasteiger charge is -2.10. The lowest BCUT2D eigenvalue weighted by atomic mass is 10.1. The molecule has 0 aliphatic carbocycles. The second-order valence-electron chi connectivity index (χ2n) is 6.61. The number of aryl methyl sites for hydroxylation is 1. The number of nitrogens with zero attached hydrogens (tertiary/aromatic N) is 2. The molecule has 2 heterocycles. The summed E-state index contributed by atoms with van der Waals surface area (Å²) in [6.07, 6.45) is 3.40. The Hall–Kier alpha value is -3.73. The van der Waals surface area contributed by atoms with Crippen LogP contribution in [0.5, 0.6) is 0 Å². The SMILES string of the molecule is Cc1cccc(CNC(=O)c2cc(Nc3cccc4cccnc34)ccn2)c1. The molecule has 2 aromatic carbocycles. The number of nitrogens with one attached hydrogen (secondary N) is 2. The third kappa shape index (κ3) is 3.99. The third-order valence-electron chi connectivity index (χ3n) is 4.44. The molecule has 0 fully saturated rings. The Morgan fingerprint density at radius 1 is 0.929 bits per heavy atom. The highest BCUT2D eigenvalue weighted by molar-refractivity contribution is 5.95. The largest absolute Gasteiger partial charge is 0.354 e. The van der Waals surface area contributed by atoms with Crippen molar-refractivity contribution in [2.45, 2.75) is 13.5 Å². The molecule has 2 N–H and O–H groups in total. The number of amides is 1. The molecule has 2 aromatic heterocycles.